The van der Waals surface area contributed by atoms with Gasteiger partial charge in [0.15, 0.2) is 0 Å². The van der Waals surface area contributed by atoms with Gasteiger partial charge in [-0.15, -0.1) is 12.4 Å². The summed E-state index contributed by atoms with van der Waals surface area (Å²) < 4.78 is 12.9. The average molecular weight is 415 g/mol. The van der Waals surface area contributed by atoms with Gasteiger partial charge in [-0.1, -0.05) is 25.5 Å². The molecule has 0 spiro atoms. The van der Waals surface area contributed by atoms with E-state index in [2.05, 4.69) is 10.6 Å². The van der Waals surface area contributed by atoms with Crippen LogP contribution in [0.25, 0.3) is 0 Å². The number of rotatable bonds is 7. The lowest BCUT2D eigenvalue weighted by atomic mass is 9.90. The quantitative estimate of drug-likeness (QED) is 0.641. The highest BCUT2D eigenvalue weighted by atomic mass is 35.5. The monoisotopic (exact) mass is 414 g/mol. The number of carbonyl (C=O) groups excluding carboxylic acids is 2. The number of nitrogens with one attached hydrogen (secondary N) is 2. The van der Waals surface area contributed by atoms with E-state index in [-0.39, 0.29) is 36.7 Å². The molecule has 1 aliphatic heterocycles. The maximum atomic E-state index is 12.9. The van der Waals surface area contributed by atoms with Gasteiger partial charge in [-0.05, 0) is 49.8 Å². The van der Waals surface area contributed by atoms with Gasteiger partial charge in [0.25, 0.3) is 0 Å². The minimum atomic E-state index is -0.532. The number of nitrogens with two attached hydrogens (primary N) is 1. The second-order valence-corrected chi connectivity index (χ2v) is 7.32. The summed E-state index contributed by atoms with van der Waals surface area (Å²) in [4.78, 5) is 26.9. The molecule has 3 amide bonds. The second kappa shape index (κ2) is 11.9. The summed E-state index contributed by atoms with van der Waals surface area (Å²) in [5, 5.41) is 5.52. The highest BCUT2D eigenvalue weighted by Gasteiger charge is 2.29. The van der Waals surface area contributed by atoms with Gasteiger partial charge < -0.3 is 21.3 Å². The summed E-state index contributed by atoms with van der Waals surface area (Å²) in [6, 6.07) is 5.16. The summed E-state index contributed by atoms with van der Waals surface area (Å²) in [5.41, 5.74) is 6.76. The summed E-state index contributed by atoms with van der Waals surface area (Å²) in [6.45, 7) is 5.64. The van der Waals surface area contributed by atoms with Crippen molar-refractivity contribution in [2.24, 2.45) is 11.7 Å². The van der Waals surface area contributed by atoms with Crippen LogP contribution in [0, 0.1) is 11.7 Å². The zero-order valence-corrected chi connectivity index (χ0v) is 17.4. The van der Waals surface area contributed by atoms with Crippen LogP contribution in [0.3, 0.4) is 0 Å². The lowest BCUT2D eigenvalue weighted by Crippen LogP contribution is -2.53. The van der Waals surface area contributed by atoms with Crippen LogP contribution in [0.2, 0.25) is 0 Å². The van der Waals surface area contributed by atoms with E-state index in [0.29, 0.717) is 25.4 Å². The maximum absolute atomic E-state index is 12.9. The summed E-state index contributed by atoms with van der Waals surface area (Å²) in [7, 11) is 0. The van der Waals surface area contributed by atoms with E-state index < -0.39 is 12.1 Å². The molecule has 0 aliphatic carbocycles. The molecule has 0 bridgehead atoms. The molecule has 1 aromatic rings. The minimum absolute atomic E-state index is 0. The fraction of sp³-hybridized carbons (Fsp3) is 0.600. The van der Waals surface area contributed by atoms with Crippen molar-refractivity contribution in [2.75, 3.05) is 13.1 Å². The number of piperidine rings is 1. The molecule has 1 aliphatic rings. The predicted molar refractivity (Wildman–Crippen MR) is 111 cm³/mol. The molecule has 1 aromatic carbocycles. The van der Waals surface area contributed by atoms with Crippen LogP contribution >= 0.6 is 12.4 Å². The van der Waals surface area contributed by atoms with Gasteiger partial charge >= 0.3 is 6.03 Å². The Labute approximate surface area is 172 Å². The molecule has 1 fully saturated rings. The number of benzene rings is 1. The van der Waals surface area contributed by atoms with Gasteiger partial charge in [0.05, 0.1) is 0 Å². The highest BCUT2D eigenvalue weighted by molar-refractivity contribution is 5.87. The molecule has 6 nitrogen and oxygen atoms in total. The smallest absolute Gasteiger partial charge is 0.315 e. The van der Waals surface area contributed by atoms with E-state index >= 15 is 0 Å². The van der Waals surface area contributed by atoms with Crippen molar-refractivity contribution >= 4 is 24.3 Å². The first-order valence-corrected chi connectivity index (χ1v) is 9.73. The van der Waals surface area contributed by atoms with E-state index in [1.807, 2.05) is 18.7 Å². The summed E-state index contributed by atoms with van der Waals surface area (Å²) >= 11 is 0. The zero-order valence-electron chi connectivity index (χ0n) is 16.6. The fourth-order valence-corrected chi connectivity index (χ4v) is 3.41. The number of nitrogens with zero attached hydrogens (tertiary/aromatic N) is 1. The number of carbonyl (C=O) groups is 2. The predicted octanol–water partition coefficient (Wildman–Crippen LogP) is 2.80. The van der Waals surface area contributed by atoms with Crippen LogP contribution in [0.15, 0.2) is 24.3 Å². The van der Waals surface area contributed by atoms with Gasteiger partial charge in [0.1, 0.15) is 11.9 Å². The maximum Gasteiger partial charge on any atom is 0.315 e. The van der Waals surface area contributed by atoms with E-state index in [4.69, 9.17) is 5.73 Å². The number of likely N-dealkylation sites (tertiary alicyclic amines) is 1. The summed E-state index contributed by atoms with van der Waals surface area (Å²) in [6.07, 6.45) is 3.19. The molecule has 28 heavy (non-hydrogen) atoms. The van der Waals surface area contributed by atoms with Crippen LogP contribution in [0.4, 0.5) is 9.18 Å². The normalized spacial score (nSPS) is 16.6. The Morgan fingerprint density at radius 2 is 1.86 bits per heavy atom. The minimum Gasteiger partial charge on any atom is -0.341 e. The lowest BCUT2D eigenvalue weighted by molar-refractivity contribution is -0.134. The van der Waals surface area contributed by atoms with Crippen molar-refractivity contribution in [3.05, 3.63) is 35.6 Å². The average Bonchev–Trinajstić information content (AvgIpc) is 2.66. The van der Waals surface area contributed by atoms with Gasteiger partial charge in [-0.2, -0.15) is 0 Å². The molecular weight excluding hydrogens is 383 g/mol. The van der Waals surface area contributed by atoms with Crippen molar-refractivity contribution in [1.82, 2.24) is 15.5 Å². The van der Waals surface area contributed by atoms with E-state index in [1.165, 1.54) is 12.1 Å². The molecule has 4 N–H and O–H groups in total. The Balaban J connectivity index is 0.00000392. The van der Waals surface area contributed by atoms with Crippen molar-refractivity contribution < 1.29 is 14.0 Å². The van der Waals surface area contributed by atoms with Crippen molar-refractivity contribution in [3.63, 3.8) is 0 Å². The number of hydrogen-bond acceptors (Lipinski definition) is 3. The molecule has 2 unspecified atom stereocenters. The molecule has 1 saturated heterocycles. The van der Waals surface area contributed by atoms with Crippen molar-refractivity contribution in [2.45, 2.75) is 58.2 Å². The van der Waals surface area contributed by atoms with Crippen molar-refractivity contribution in [1.29, 1.82) is 0 Å². The lowest BCUT2D eigenvalue weighted by Gasteiger charge is -2.35. The molecule has 1 heterocycles. The number of urea groups is 1. The third kappa shape index (κ3) is 7.28. The molecule has 8 heteroatoms. The number of hydrogen-bond donors (Lipinski definition) is 3. The van der Waals surface area contributed by atoms with Gasteiger partial charge in [0, 0.05) is 25.7 Å². The Morgan fingerprint density at radius 3 is 2.39 bits per heavy atom. The van der Waals surface area contributed by atoms with Gasteiger partial charge in [-0.25, -0.2) is 9.18 Å². The van der Waals surface area contributed by atoms with Gasteiger partial charge in [-0.3, -0.25) is 4.79 Å². The van der Waals surface area contributed by atoms with E-state index in [0.717, 1.165) is 24.8 Å². The second-order valence-electron chi connectivity index (χ2n) is 7.32. The third-order valence-electron chi connectivity index (χ3n) is 5.14. The summed E-state index contributed by atoms with van der Waals surface area (Å²) in [5.74, 6) is 0.104. The molecule has 2 rings (SSSR count). The highest BCUT2D eigenvalue weighted by Crippen LogP contribution is 2.20. The SMILES string of the molecule is CCCC(NC(=O)NCc1ccc(F)cc1)C(=O)N1CCC(C(C)N)CC1.Cl. The number of amides is 3. The number of halogens is 2. The molecule has 0 saturated carbocycles. The molecule has 158 valence electrons. The van der Waals surface area contributed by atoms with E-state index in [1.54, 1.807) is 12.1 Å². The Bertz CT molecular complexity index is 619. The van der Waals surface area contributed by atoms with Gasteiger partial charge in [0.2, 0.25) is 5.91 Å². The first-order chi connectivity index (χ1) is 12.9. The largest absolute Gasteiger partial charge is 0.341 e. The Morgan fingerprint density at radius 1 is 1.25 bits per heavy atom. The Hall–Kier alpha value is -1.86. The van der Waals surface area contributed by atoms with Crippen LogP contribution < -0.4 is 16.4 Å². The fourth-order valence-electron chi connectivity index (χ4n) is 3.41. The standard InChI is InChI=1S/C20H31FN4O2.ClH/c1-3-4-18(19(26)25-11-9-16(10-12-25)14(2)22)24-20(27)23-13-15-5-7-17(21)8-6-15;/h5-8,14,16,18H,3-4,9-13,22H2,1-2H3,(H2,23,24,27);1H. The first-order valence-electron chi connectivity index (χ1n) is 9.73. The topological polar surface area (TPSA) is 87.5 Å². The molecule has 2 atom stereocenters. The van der Waals surface area contributed by atoms with Crippen LogP contribution in [0.1, 0.15) is 45.1 Å². The molecular formula is C20H32ClFN4O2. The molecule has 0 aromatic heterocycles. The molecule has 0 radical (unpaired) electrons. The van der Waals surface area contributed by atoms with Crippen molar-refractivity contribution in [3.8, 4) is 0 Å². The van der Waals surface area contributed by atoms with Crippen LogP contribution in [0.5, 0.6) is 0 Å². The Kier molecular flexibility index (Phi) is 10.2. The third-order valence-corrected chi connectivity index (χ3v) is 5.14. The van der Waals surface area contributed by atoms with Crippen LogP contribution in [-0.4, -0.2) is 42.0 Å². The first kappa shape index (κ1) is 24.2. The zero-order chi connectivity index (χ0) is 19.8. The van der Waals surface area contributed by atoms with E-state index in [9.17, 15) is 14.0 Å². The van der Waals surface area contributed by atoms with Crippen LogP contribution in [-0.2, 0) is 11.3 Å².